The molecule has 0 atom stereocenters. The molecule has 2 aliphatic carbocycles. The zero-order chi connectivity index (χ0) is 29.3. The van der Waals surface area contributed by atoms with Crippen molar-refractivity contribution in [1.82, 2.24) is 0 Å². The maximum Gasteiger partial charge on any atom is -0.0000936 e. The molecule has 6 aromatic carbocycles. The molecule has 6 aromatic rings. The lowest BCUT2D eigenvalue weighted by molar-refractivity contribution is 1.55. The van der Waals surface area contributed by atoms with E-state index in [4.69, 9.17) is 0 Å². The Labute approximate surface area is 259 Å². The van der Waals surface area contributed by atoms with Crippen LogP contribution in [0.2, 0.25) is 0 Å². The highest BCUT2D eigenvalue weighted by Gasteiger charge is 2.42. The summed E-state index contributed by atoms with van der Waals surface area (Å²) in [7, 11) is 0. The number of allylic oxidation sites excluding steroid dienone is 8. The van der Waals surface area contributed by atoms with Gasteiger partial charge in [0.1, 0.15) is 0 Å². The van der Waals surface area contributed by atoms with Crippen molar-refractivity contribution in [3.05, 3.63) is 227 Å². The molecule has 2 aliphatic rings. The second kappa shape index (κ2) is 11.2. The first-order chi connectivity index (χ1) is 21.9. The van der Waals surface area contributed by atoms with Gasteiger partial charge in [0.05, 0.1) is 0 Å². The van der Waals surface area contributed by atoms with Crippen molar-refractivity contribution < 1.29 is 0 Å². The molecule has 44 heavy (non-hydrogen) atoms. The minimum atomic E-state index is 1.22. The fraction of sp³-hybridized carbons (Fsp3) is 0. The van der Waals surface area contributed by atoms with Crippen LogP contribution < -0.4 is 0 Å². The third kappa shape index (κ3) is 4.49. The zero-order valence-corrected chi connectivity index (χ0v) is 24.3. The molecule has 0 nitrogen and oxygen atoms in total. The van der Waals surface area contributed by atoms with Gasteiger partial charge in [0, 0.05) is 0 Å². The Morgan fingerprint density at radius 1 is 0.136 bits per heavy atom. The topological polar surface area (TPSA) is 0 Å². The highest BCUT2D eigenvalue weighted by Crippen LogP contribution is 2.63. The van der Waals surface area contributed by atoms with E-state index in [0.717, 1.165) is 0 Å². The smallest absolute Gasteiger partial charge is 0.0000936 e. The molecule has 0 heterocycles. The van der Waals surface area contributed by atoms with Crippen LogP contribution in [0.3, 0.4) is 0 Å². The number of rotatable bonds is 6. The van der Waals surface area contributed by atoms with Crippen LogP contribution >= 0.6 is 0 Å². The second-order valence-electron chi connectivity index (χ2n) is 11.2. The van der Waals surface area contributed by atoms with Crippen LogP contribution in [-0.4, -0.2) is 0 Å². The SMILES string of the molecule is c1ccc(C2=C(c3ccccc3)C2=C2C(c3ccccc3)=C(c3ccccc3)C(c3ccccc3)=C2c2ccccc2)cc1. The zero-order valence-electron chi connectivity index (χ0n) is 24.3. The van der Waals surface area contributed by atoms with Crippen molar-refractivity contribution in [1.29, 1.82) is 0 Å². The lowest BCUT2D eigenvalue weighted by atomic mass is 9.88. The Bertz CT molecular complexity index is 1930. The molecule has 8 rings (SSSR count). The Hall–Kier alpha value is -5.72. The summed E-state index contributed by atoms with van der Waals surface area (Å²) in [6.45, 7) is 0. The molecular weight excluding hydrogens is 528 g/mol. The largest absolute Gasteiger partial charge is 0.0622 e. The van der Waals surface area contributed by atoms with Crippen molar-refractivity contribution in [3.8, 4) is 0 Å². The Kier molecular flexibility index (Phi) is 6.59. The third-order valence-electron chi connectivity index (χ3n) is 8.56. The summed E-state index contributed by atoms with van der Waals surface area (Å²) in [6, 6.07) is 65.5. The van der Waals surface area contributed by atoms with E-state index in [9.17, 15) is 0 Å². The molecule has 0 N–H and O–H groups in total. The Morgan fingerprint density at radius 3 is 0.432 bits per heavy atom. The van der Waals surface area contributed by atoms with E-state index >= 15 is 0 Å². The van der Waals surface area contributed by atoms with Crippen LogP contribution in [0.1, 0.15) is 33.4 Å². The van der Waals surface area contributed by atoms with Gasteiger partial charge in [-0.05, 0) is 78.0 Å². The molecule has 0 spiro atoms. The minimum absolute atomic E-state index is 1.22. The first kappa shape index (κ1) is 25.9. The predicted octanol–water partition coefficient (Wildman–Crippen LogP) is 11.1. The van der Waals surface area contributed by atoms with E-state index in [-0.39, 0.29) is 0 Å². The van der Waals surface area contributed by atoms with Gasteiger partial charge in [-0.1, -0.05) is 182 Å². The number of benzene rings is 6. The lowest BCUT2D eigenvalue weighted by Gasteiger charge is -2.14. The molecule has 0 unspecified atom stereocenters. The quantitative estimate of drug-likeness (QED) is 0.191. The van der Waals surface area contributed by atoms with Gasteiger partial charge in [-0.3, -0.25) is 0 Å². The lowest BCUT2D eigenvalue weighted by Crippen LogP contribution is -1.94. The molecular formula is C44H30. The van der Waals surface area contributed by atoms with E-state index in [0.29, 0.717) is 0 Å². The predicted molar refractivity (Wildman–Crippen MR) is 186 cm³/mol. The summed E-state index contributed by atoms with van der Waals surface area (Å²) in [4.78, 5) is 0. The molecule has 0 bridgehead atoms. The summed E-state index contributed by atoms with van der Waals surface area (Å²) in [5, 5.41) is 0. The molecule has 0 aliphatic heterocycles. The van der Waals surface area contributed by atoms with Crippen LogP contribution in [0.4, 0.5) is 0 Å². The number of hydrogen-bond acceptors (Lipinski definition) is 0. The van der Waals surface area contributed by atoms with Gasteiger partial charge in [-0.15, -0.1) is 0 Å². The van der Waals surface area contributed by atoms with Gasteiger partial charge in [-0.25, -0.2) is 0 Å². The van der Waals surface area contributed by atoms with Gasteiger partial charge in [-0.2, -0.15) is 0 Å². The summed E-state index contributed by atoms with van der Waals surface area (Å²) in [5.74, 6) is 0. The van der Waals surface area contributed by atoms with Crippen molar-refractivity contribution in [2.75, 3.05) is 0 Å². The Balaban J connectivity index is 1.55. The molecule has 0 radical (unpaired) electrons. The summed E-state index contributed by atoms with van der Waals surface area (Å²) >= 11 is 0. The average molecular weight is 559 g/mol. The minimum Gasteiger partial charge on any atom is -0.0622 e. The first-order valence-corrected chi connectivity index (χ1v) is 15.2. The highest BCUT2D eigenvalue weighted by atomic mass is 14.4. The van der Waals surface area contributed by atoms with E-state index in [1.54, 1.807) is 0 Å². The van der Waals surface area contributed by atoms with Crippen molar-refractivity contribution in [3.63, 3.8) is 0 Å². The monoisotopic (exact) mass is 558 g/mol. The van der Waals surface area contributed by atoms with E-state index in [1.165, 1.54) is 78.0 Å². The van der Waals surface area contributed by atoms with Crippen molar-refractivity contribution >= 4 is 33.4 Å². The highest BCUT2D eigenvalue weighted by molar-refractivity contribution is 6.40. The van der Waals surface area contributed by atoms with Gasteiger partial charge in [0.15, 0.2) is 0 Å². The molecule has 0 aromatic heterocycles. The summed E-state index contributed by atoms with van der Waals surface area (Å²) in [6.07, 6.45) is 0. The van der Waals surface area contributed by atoms with Crippen molar-refractivity contribution in [2.24, 2.45) is 0 Å². The van der Waals surface area contributed by atoms with Crippen LogP contribution in [0.5, 0.6) is 0 Å². The third-order valence-corrected chi connectivity index (χ3v) is 8.56. The standard InChI is InChI=1S/C44H30/c1-7-19-31(20-8-1)37-38(32-21-9-2-10-22-32)40(34-25-13-4-14-26-34)43(39(37)33-23-11-3-12-24-33)44-41(35-27-15-5-16-28-35)42(44)36-29-17-6-18-30-36/h1-30H. The molecule has 0 saturated carbocycles. The van der Waals surface area contributed by atoms with Crippen molar-refractivity contribution in [2.45, 2.75) is 0 Å². The molecule has 206 valence electrons. The maximum absolute atomic E-state index is 2.27. The van der Waals surface area contributed by atoms with Gasteiger partial charge >= 0.3 is 0 Å². The molecule has 0 fully saturated rings. The maximum atomic E-state index is 2.27. The molecule has 0 amide bonds. The van der Waals surface area contributed by atoms with Crippen LogP contribution in [0.15, 0.2) is 193 Å². The summed E-state index contributed by atoms with van der Waals surface area (Å²) in [5.41, 5.74) is 17.8. The molecule has 0 saturated heterocycles. The summed E-state index contributed by atoms with van der Waals surface area (Å²) < 4.78 is 0. The fourth-order valence-electron chi connectivity index (χ4n) is 6.67. The normalized spacial score (nSPS) is 14.5. The van der Waals surface area contributed by atoms with Crippen LogP contribution in [-0.2, 0) is 0 Å². The van der Waals surface area contributed by atoms with E-state index in [1.807, 2.05) is 0 Å². The van der Waals surface area contributed by atoms with Crippen LogP contribution in [0, 0.1) is 0 Å². The first-order valence-electron chi connectivity index (χ1n) is 15.2. The fourth-order valence-corrected chi connectivity index (χ4v) is 6.67. The number of hydrogen-bond donors (Lipinski definition) is 0. The van der Waals surface area contributed by atoms with E-state index in [2.05, 4.69) is 182 Å². The van der Waals surface area contributed by atoms with Gasteiger partial charge in [0.2, 0.25) is 0 Å². The second-order valence-corrected chi connectivity index (χ2v) is 11.2. The van der Waals surface area contributed by atoms with Gasteiger partial charge < -0.3 is 0 Å². The van der Waals surface area contributed by atoms with Crippen LogP contribution in [0.25, 0.3) is 33.4 Å². The van der Waals surface area contributed by atoms with Gasteiger partial charge in [0.25, 0.3) is 0 Å². The van der Waals surface area contributed by atoms with E-state index < -0.39 is 0 Å². The average Bonchev–Trinajstić information content (AvgIpc) is 3.76. The molecule has 0 heteroatoms. The Morgan fingerprint density at radius 2 is 0.273 bits per heavy atom.